The number of phosphoric ester groups is 2. The largest absolute Gasteiger partial charge is 0.472 e. The fourth-order valence-electron chi connectivity index (χ4n) is 11.6. The van der Waals surface area contributed by atoms with E-state index in [0.717, 1.165) is 103 Å². The van der Waals surface area contributed by atoms with Gasteiger partial charge in [0, 0.05) is 25.7 Å². The first kappa shape index (κ1) is 92.1. The number of hydrogen-bond acceptors (Lipinski definition) is 15. The fraction of sp³-hybridized carbons (Fsp3) is 0.947. The van der Waals surface area contributed by atoms with Crippen molar-refractivity contribution in [3.63, 3.8) is 0 Å². The maximum absolute atomic E-state index is 13.1. The Morgan fingerprint density at radius 2 is 0.426 bits per heavy atom. The summed E-state index contributed by atoms with van der Waals surface area (Å²) >= 11 is 0. The molecule has 0 heterocycles. The molecule has 0 aromatic carbocycles. The van der Waals surface area contributed by atoms with Crippen molar-refractivity contribution in [2.24, 2.45) is 0 Å². The highest BCUT2D eigenvalue weighted by atomic mass is 31.2. The summed E-state index contributed by atoms with van der Waals surface area (Å²) in [6.07, 6.45) is 59.8. The zero-order valence-corrected chi connectivity index (χ0v) is 62.7. The lowest BCUT2D eigenvalue weighted by Gasteiger charge is -2.21. The number of unbranched alkanes of at least 4 members (excludes halogenated alkanes) is 50. The van der Waals surface area contributed by atoms with Crippen LogP contribution < -0.4 is 0 Å². The van der Waals surface area contributed by atoms with E-state index < -0.39 is 97.5 Å². The average molecular weight is 1380 g/mol. The van der Waals surface area contributed by atoms with Crippen molar-refractivity contribution < 1.29 is 80.2 Å². The van der Waals surface area contributed by atoms with E-state index in [2.05, 4.69) is 27.7 Å². The van der Waals surface area contributed by atoms with Gasteiger partial charge in [-0.05, 0) is 25.7 Å². The summed E-state index contributed by atoms with van der Waals surface area (Å²) in [6, 6.07) is 0. The Morgan fingerprint density at radius 1 is 0.255 bits per heavy atom. The third-order valence-electron chi connectivity index (χ3n) is 17.6. The number of carbonyl (C=O) groups is 4. The van der Waals surface area contributed by atoms with Crippen LogP contribution in [-0.2, 0) is 65.4 Å². The number of esters is 4. The Balaban J connectivity index is 5.17. The van der Waals surface area contributed by atoms with Crippen LogP contribution in [-0.4, -0.2) is 96.7 Å². The molecular weight excluding hydrogens is 1230 g/mol. The Labute approximate surface area is 575 Å². The molecule has 0 aliphatic rings. The minimum atomic E-state index is -4.95. The maximum atomic E-state index is 13.1. The van der Waals surface area contributed by atoms with Gasteiger partial charge >= 0.3 is 39.5 Å². The summed E-state index contributed by atoms with van der Waals surface area (Å²) in [4.78, 5) is 72.6. The Morgan fingerprint density at radius 3 is 0.628 bits per heavy atom. The smallest absolute Gasteiger partial charge is 0.462 e. The SMILES string of the molecule is CCCCCCCCCCCCCCCCCCCCC(=O)OC[C@H](COP(=O)(O)OC[C@@H](O)COP(=O)(O)OC[C@@H](COC(=O)CCCCCCCCC)OC(=O)CCCCCCCCCCCCC)OC(=O)CCCCCCCCCCCCCCCCCCCC. The molecule has 0 rings (SSSR count). The molecule has 0 spiro atoms. The van der Waals surface area contributed by atoms with Crippen LogP contribution >= 0.6 is 15.6 Å². The summed E-state index contributed by atoms with van der Waals surface area (Å²) in [7, 11) is -9.90. The molecule has 0 saturated heterocycles. The van der Waals surface area contributed by atoms with Crippen LogP contribution in [0.1, 0.15) is 400 Å². The molecule has 0 saturated carbocycles. The predicted molar refractivity (Wildman–Crippen MR) is 382 cm³/mol. The van der Waals surface area contributed by atoms with Crippen molar-refractivity contribution >= 4 is 39.5 Å². The fourth-order valence-corrected chi connectivity index (χ4v) is 13.2. The van der Waals surface area contributed by atoms with E-state index in [4.69, 9.17) is 37.0 Å². The number of aliphatic hydroxyl groups excluding tert-OH is 1. The predicted octanol–water partition coefficient (Wildman–Crippen LogP) is 22.2. The lowest BCUT2D eigenvalue weighted by Crippen LogP contribution is -2.30. The molecule has 3 N–H and O–H groups in total. The molecule has 2 unspecified atom stereocenters. The van der Waals surface area contributed by atoms with Crippen molar-refractivity contribution in [1.82, 2.24) is 0 Å². The summed E-state index contributed by atoms with van der Waals surface area (Å²) in [5.41, 5.74) is 0. The highest BCUT2D eigenvalue weighted by Crippen LogP contribution is 2.45. The monoisotopic (exact) mass is 1380 g/mol. The molecule has 17 nitrogen and oxygen atoms in total. The summed E-state index contributed by atoms with van der Waals surface area (Å²) in [5.74, 6) is -2.12. The van der Waals surface area contributed by atoms with Crippen LogP contribution in [0.2, 0.25) is 0 Å². The van der Waals surface area contributed by atoms with E-state index in [1.807, 2.05) is 0 Å². The van der Waals surface area contributed by atoms with Gasteiger partial charge < -0.3 is 33.8 Å². The second-order valence-electron chi connectivity index (χ2n) is 27.0. The molecular formula is C75H146O17P2. The molecule has 5 atom stereocenters. The molecule has 0 radical (unpaired) electrons. The first-order valence-electron chi connectivity index (χ1n) is 39.3. The zero-order valence-electron chi connectivity index (χ0n) is 60.9. The van der Waals surface area contributed by atoms with Gasteiger partial charge in [-0.3, -0.25) is 37.3 Å². The van der Waals surface area contributed by atoms with Crippen LogP contribution in [0.25, 0.3) is 0 Å². The number of phosphoric acid groups is 2. The van der Waals surface area contributed by atoms with E-state index in [-0.39, 0.29) is 25.7 Å². The number of hydrogen-bond donors (Lipinski definition) is 3. The van der Waals surface area contributed by atoms with Gasteiger partial charge in [-0.15, -0.1) is 0 Å². The summed E-state index contributed by atoms with van der Waals surface area (Å²) < 4.78 is 68.4. The topological polar surface area (TPSA) is 237 Å². The summed E-state index contributed by atoms with van der Waals surface area (Å²) in [6.45, 7) is 4.94. The molecule has 94 heavy (non-hydrogen) atoms. The minimum Gasteiger partial charge on any atom is -0.462 e. The van der Waals surface area contributed by atoms with E-state index in [0.29, 0.717) is 25.7 Å². The standard InChI is InChI=1S/C75H146O17P2/c1-5-9-13-17-21-24-27-29-31-33-35-37-39-42-44-48-52-56-60-73(78)86-66-71(92-75(80)62-58-54-50-46-43-40-38-36-34-32-30-28-25-22-18-14-10-6-2)68-90-94(83,84)88-64-69(76)63-87-93(81,82)89-67-70(65-85-72(77)59-55-51-47-20-16-12-8-4)91-74(79)61-57-53-49-45-41-26-23-19-15-11-7-3/h69-71,76H,5-68H2,1-4H3,(H,81,82)(H,83,84)/t69-,70+,71+/m0/s1. The van der Waals surface area contributed by atoms with Crippen LogP contribution in [0, 0.1) is 0 Å². The first-order valence-corrected chi connectivity index (χ1v) is 42.3. The molecule has 0 aliphatic heterocycles. The van der Waals surface area contributed by atoms with Crippen LogP contribution in [0.5, 0.6) is 0 Å². The Kier molecular flexibility index (Phi) is 68.1. The number of carbonyl (C=O) groups excluding carboxylic acids is 4. The third kappa shape index (κ3) is 68.6. The van der Waals surface area contributed by atoms with E-state index in [1.54, 1.807) is 0 Å². The molecule has 19 heteroatoms. The van der Waals surface area contributed by atoms with Gasteiger partial charge in [0.05, 0.1) is 26.4 Å². The highest BCUT2D eigenvalue weighted by Gasteiger charge is 2.30. The molecule has 0 aromatic rings. The average Bonchev–Trinajstić information content (AvgIpc) is 1.66. The van der Waals surface area contributed by atoms with Crippen molar-refractivity contribution in [3.8, 4) is 0 Å². The lowest BCUT2D eigenvalue weighted by atomic mass is 10.0. The zero-order chi connectivity index (χ0) is 69.0. The minimum absolute atomic E-state index is 0.107. The number of rotatable bonds is 76. The lowest BCUT2D eigenvalue weighted by molar-refractivity contribution is -0.161. The second kappa shape index (κ2) is 69.5. The van der Waals surface area contributed by atoms with Gasteiger partial charge in [0.25, 0.3) is 0 Å². The molecule has 0 bridgehead atoms. The third-order valence-corrected chi connectivity index (χ3v) is 19.5. The van der Waals surface area contributed by atoms with Crippen LogP contribution in [0.3, 0.4) is 0 Å². The number of aliphatic hydroxyl groups is 1. The van der Waals surface area contributed by atoms with Crippen molar-refractivity contribution in [1.29, 1.82) is 0 Å². The van der Waals surface area contributed by atoms with Gasteiger partial charge in [-0.25, -0.2) is 9.13 Å². The Bertz CT molecular complexity index is 1790. The van der Waals surface area contributed by atoms with Crippen molar-refractivity contribution in [2.75, 3.05) is 39.6 Å². The normalized spacial score (nSPS) is 13.9. The molecule has 0 fully saturated rings. The quantitative estimate of drug-likeness (QED) is 0.0222. The Hall–Kier alpha value is -1.94. The van der Waals surface area contributed by atoms with Gasteiger partial charge in [0.1, 0.15) is 19.3 Å². The molecule has 0 aromatic heterocycles. The summed E-state index contributed by atoms with van der Waals surface area (Å²) in [5, 5.41) is 10.6. The van der Waals surface area contributed by atoms with Crippen LogP contribution in [0.15, 0.2) is 0 Å². The van der Waals surface area contributed by atoms with Gasteiger partial charge in [0.15, 0.2) is 12.2 Å². The van der Waals surface area contributed by atoms with Gasteiger partial charge in [-0.1, -0.05) is 349 Å². The van der Waals surface area contributed by atoms with E-state index >= 15 is 0 Å². The molecule has 558 valence electrons. The van der Waals surface area contributed by atoms with E-state index in [9.17, 15) is 43.2 Å². The maximum Gasteiger partial charge on any atom is 0.472 e. The van der Waals surface area contributed by atoms with Gasteiger partial charge in [-0.2, -0.15) is 0 Å². The second-order valence-corrected chi connectivity index (χ2v) is 29.9. The van der Waals surface area contributed by atoms with Crippen molar-refractivity contribution in [3.05, 3.63) is 0 Å². The number of ether oxygens (including phenoxy) is 4. The van der Waals surface area contributed by atoms with Gasteiger partial charge in [0.2, 0.25) is 0 Å². The molecule has 0 aliphatic carbocycles. The van der Waals surface area contributed by atoms with Crippen molar-refractivity contribution in [2.45, 2.75) is 418 Å². The first-order chi connectivity index (χ1) is 45.7. The molecule has 0 amide bonds. The van der Waals surface area contributed by atoms with E-state index in [1.165, 1.54) is 218 Å². The van der Waals surface area contributed by atoms with Crippen LogP contribution in [0.4, 0.5) is 0 Å². The highest BCUT2D eigenvalue weighted by molar-refractivity contribution is 7.47.